The first-order chi connectivity index (χ1) is 8.66. The van der Waals surface area contributed by atoms with E-state index in [1.54, 1.807) is 0 Å². The number of benzene rings is 1. The molecule has 0 saturated carbocycles. The second-order valence-corrected chi connectivity index (χ2v) is 4.91. The molecule has 1 aromatic carbocycles. The minimum atomic E-state index is 0.459. The van der Waals surface area contributed by atoms with Gasteiger partial charge in [-0.25, -0.2) is 4.98 Å². The lowest BCUT2D eigenvalue weighted by Crippen LogP contribution is -2.28. The second kappa shape index (κ2) is 5.83. The molecule has 18 heavy (non-hydrogen) atoms. The Balaban J connectivity index is 1.88. The largest absolute Gasteiger partial charge is 0.337 e. The zero-order chi connectivity index (χ0) is 13.0. The molecular weight excluding hydrogens is 222 g/mol. The fourth-order valence-electron chi connectivity index (χ4n) is 2.07. The molecule has 0 fully saturated rings. The molecule has 0 aliphatic carbocycles. The Morgan fingerprint density at radius 3 is 2.78 bits per heavy atom. The van der Waals surface area contributed by atoms with Crippen molar-refractivity contribution in [3.63, 3.8) is 0 Å². The lowest BCUT2D eigenvalue weighted by molar-refractivity contribution is 0.532. The number of aryl methyl sites for hydroxylation is 2. The molecule has 0 aliphatic heterocycles. The van der Waals surface area contributed by atoms with E-state index in [0.29, 0.717) is 6.04 Å². The second-order valence-electron chi connectivity index (χ2n) is 4.91. The van der Waals surface area contributed by atoms with Crippen molar-refractivity contribution in [3.05, 3.63) is 53.6 Å². The molecule has 1 unspecified atom stereocenters. The lowest BCUT2D eigenvalue weighted by atomic mass is 10.0. The number of hydrogen-bond donors (Lipinski definition) is 1. The highest BCUT2D eigenvalue weighted by Crippen LogP contribution is 2.10. The number of imidazole rings is 1. The minimum absolute atomic E-state index is 0.459. The maximum Gasteiger partial charge on any atom is 0.0945 e. The molecule has 2 rings (SSSR count). The van der Waals surface area contributed by atoms with Gasteiger partial charge in [-0.3, -0.25) is 0 Å². The zero-order valence-electron chi connectivity index (χ0n) is 11.4. The molecule has 0 amide bonds. The van der Waals surface area contributed by atoms with Crippen molar-refractivity contribution in [2.45, 2.75) is 32.9 Å². The van der Waals surface area contributed by atoms with Crippen LogP contribution in [0.3, 0.4) is 0 Å². The Bertz CT molecular complexity index is 502. The van der Waals surface area contributed by atoms with Gasteiger partial charge in [0.15, 0.2) is 0 Å². The molecule has 1 N–H and O–H groups in total. The molecule has 1 atom stereocenters. The predicted octanol–water partition coefficient (Wildman–Crippen LogP) is 2.45. The minimum Gasteiger partial charge on any atom is -0.337 e. The number of aromatic nitrogens is 2. The number of rotatable bonds is 5. The van der Waals surface area contributed by atoms with E-state index >= 15 is 0 Å². The fourth-order valence-corrected chi connectivity index (χ4v) is 2.07. The third-order valence-electron chi connectivity index (χ3n) is 3.34. The SMILES string of the molecule is Cc1ccccc1CC(C)NCc1cncn1C. The van der Waals surface area contributed by atoms with Gasteiger partial charge in [0.1, 0.15) is 0 Å². The molecule has 2 aromatic rings. The van der Waals surface area contributed by atoms with Gasteiger partial charge in [0.25, 0.3) is 0 Å². The highest BCUT2D eigenvalue weighted by atomic mass is 15.0. The van der Waals surface area contributed by atoms with Crippen LogP contribution in [0.15, 0.2) is 36.8 Å². The summed E-state index contributed by atoms with van der Waals surface area (Å²) >= 11 is 0. The van der Waals surface area contributed by atoms with Crippen LogP contribution in [0.2, 0.25) is 0 Å². The molecule has 0 radical (unpaired) electrons. The molecule has 3 nitrogen and oxygen atoms in total. The summed E-state index contributed by atoms with van der Waals surface area (Å²) in [7, 11) is 2.02. The van der Waals surface area contributed by atoms with Gasteiger partial charge in [0, 0.05) is 25.8 Å². The molecule has 3 heteroatoms. The van der Waals surface area contributed by atoms with Crippen LogP contribution in [0.25, 0.3) is 0 Å². The van der Waals surface area contributed by atoms with Gasteiger partial charge in [-0.15, -0.1) is 0 Å². The number of nitrogens with zero attached hydrogens (tertiary/aromatic N) is 2. The normalized spacial score (nSPS) is 12.6. The summed E-state index contributed by atoms with van der Waals surface area (Å²) in [6.07, 6.45) is 4.81. The average molecular weight is 243 g/mol. The third kappa shape index (κ3) is 3.20. The smallest absolute Gasteiger partial charge is 0.0945 e. The van der Waals surface area contributed by atoms with Crippen LogP contribution in [-0.2, 0) is 20.0 Å². The van der Waals surface area contributed by atoms with Crippen molar-refractivity contribution in [1.29, 1.82) is 0 Å². The molecule has 0 saturated heterocycles. The van der Waals surface area contributed by atoms with Crippen molar-refractivity contribution in [2.75, 3.05) is 0 Å². The maximum absolute atomic E-state index is 4.12. The van der Waals surface area contributed by atoms with Gasteiger partial charge in [-0.2, -0.15) is 0 Å². The summed E-state index contributed by atoms with van der Waals surface area (Å²) < 4.78 is 2.05. The Morgan fingerprint density at radius 1 is 1.33 bits per heavy atom. The quantitative estimate of drug-likeness (QED) is 0.874. The fraction of sp³-hybridized carbons (Fsp3) is 0.400. The van der Waals surface area contributed by atoms with Crippen molar-refractivity contribution in [3.8, 4) is 0 Å². The molecule has 0 spiro atoms. The number of nitrogens with one attached hydrogen (secondary N) is 1. The van der Waals surface area contributed by atoms with Crippen LogP contribution in [0.1, 0.15) is 23.7 Å². The van der Waals surface area contributed by atoms with Crippen molar-refractivity contribution < 1.29 is 0 Å². The van der Waals surface area contributed by atoms with Crippen LogP contribution in [-0.4, -0.2) is 15.6 Å². The highest BCUT2D eigenvalue weighted by Gasteiger charge is 2.06. The van der Waals surface area contributed by atoms with Gasteiger partial charge < -0.3 is 9.88 Å². The summed E-state index contributed by atoms with van der Waals surface area (Å²) in [5.41, 5.74) is 4.00. The topological polar surface area (TPSA) is 29.9 Å². The van der Waals surface area contributed by atoms with Gasteiger partial charge >= 0.3 is 0 Å². The zero-order valence-corrected chi connectivity index (χ0v) is 11.4. The van der Waals surface area contributed by atoms with E-state index in [2.05, 4.69) is 48.4 Å². The van der Waals surface area contributed by atoms with Crippen LogP contribution in [0.4, 0.5) is 0 Å². The molecule has 1 aromatic heterocycles. The van der Waals surface area contributed by atoms with E-state index in [4.69, 9.17) is 0 Å². The summed E-state index contributed by atoms with van der Waals surface area (Å²) in [6.45, 7) is 5.26. The average Bonchev–Trinajstić information content (AvgIpc) is 2.75. The Hall–Kier alpha value is -1.61. The Morgan fingerprint density at radius 2 is 2.11 bits per heavy atom. The van der Waals surface area contributed by atoms with Crippen LogP contribution in [0.5, 0.6) is 0 Å². The summed E-state index contributed by atoms with van der Waals surface area (Å²) in [5, 5.41) is 3.54. The van der Waals surface area contributed by atoms with Crippen LogP contribution in [0, 0.1) is 6.92 Å². The molecule has 96 valence electrons. The molecule has 1 heterocycles. The van der Waals surface area contributed by atoms with E-state index in [9.17, 15) is 0 Å². The lowest BCUT2D eigenvalue weighted by Gasteiger charge is -2.15. The van der Waals surface area contributed by atoms with E-state index in [0.717, 1.165) is 13.0 Å². The standard InChI is InChI=1S/C15H21N3/c1-12-6-4-5-7-14(12)8-13(2)17-10-15-9-16-11-18(15)3/h4-7,9,11,13,17H,8,10H2,1-3H3. The predicted molar refractivity (Wildman–Crippen MR) is 74.4 cm³/mol. The Kier molecular flexibility index (Phi) is 4.15. The van der Waals surface area contributed by atoms with Gasteiger partial charge in [-0.1, -0.05) is 24.3 Å². The monoisotopic (exact) mass is 243 g/mol. The Labute approximate surface area is 109 Å². The van der Waals surface area contributed by atoms with E-state index < -0.39 is 0 Å². The van der Waals surface area contributed by atoms with Crippen molar-refractivity contribution in [2.24, 2.45) is 7.05 Å². The maximum atomic E-state index is 4.12. The van der Waals surface area contributed by atoms with Crippen LogP contribution < -0.4 is 5.32 Å². The molecule has 0 bridgehead atoms. The summed E-state index contributed by atoms with van der Waals surface area (Å²) in [4.78, 5) is 4.12. The first-order valence-electron chi connectivity index (χ1n) is 6.40. The first kappa shape index (κ1) is 12.8. The summed E-state index contributed by atoms with van der Waals surface area (Å²) in [6, 6.07) is 9.03. The van der Waals surface area contributed by atoms with Crippen molar-refractivity contribution >= 4 is 0 Å². The van der Waals surface area contributed by atoms with Gasteiger partial charge in [0.05, 0.1) is 12.0 Å². The van der Waals surface area contributed by atoms with Gasteiger partial charge in [-0.05, 0) is 31.4 Å². The van der Waals surface area contributed by atoms with E-state index in [1.165, 1.54) is 16.8 Å². The third-order valence-corrected chi connectivity index (χ3v) is 3.34. The van der Waals surface area contributed by atoms with E-state index in [1.807, 2.05) is 24.1 Å². The number of hydrogen-bond acceptors (Lipinski definition) is 2. The first-order valence-corrected chi connectivity index (χ1v) is 6.40. The van der Waals surface area contributed by atoms with E-state index in [-0.39, 0.29) is 0 Å². The summed E-state index contributed by atoms with van der Waals surface area (Å²) in [5.74, 6) is 0. The molecule has 0 aliphatic rings. The van der Waals surface area contributed by atoms with Crippen LogP contribution >= 0.6 is 0 Å². The van der Waals surface area contributed by atoms with Gasteiger partial charge in [0.2, 0.25) is 0 Å². The highest BCUT2D eigenvalue weighted by molar-refractivity contribution is 5.26. The molecular formula is C15H21N3. The van der Waals surface area contributed by atoms with Crippen molar-refractivity contribution in [1.82, 2.24) is 14.9 Å².